The van der Waals surface area contributed by atoms with E-state index in [1.54, 1.807) is 4.90 Å². The van der Waals surface area contributed by atoms with Gasteiger partial charge in [0.15, 0.2) is 0 Å². The van der Waals surface area contributed by atoms with Gasteiger partial charge in [0, 0.05) is 26.2 Å². The minimum Gasteiger partial charge on any atom is -0.372 e. The lowest BCUT2D eigenvalue weighted by atomic mass is 10.2. The minimum absolute atomic E-state index is 0.0792. The van der Waals surface area contributed by atoms with Crippen molar-refractivity contribution in [2.75, 3.05) is 33.4 Å². The fourth-order valence-corrected chi connectivity index (χ4v) is 1.46. The third kappa shape index (κ3) is 2.97. The van der Waals surface area contributed by atoms with Crippen LogP contribution in [0.15, 0.2) is 0 Å². The zero-order valence-corrected chi connectivity index (χ0v) is 8.38. The van der Waals surface area contributed by atoms with Gasteiger partial charge in [0.1, 0.15) is 6.61 Å². The molecule has 13 heavy (non-hydrogen) atoms. The van der Waals surface area contributed by atoms with E-state index >= 15 is 0 Å². The van der Waals surface area contributed by atoms with E-state index in [1.165, 1.54) is 0 Å². The normalized spacial score (nSPS) is 21.8. The molecule has 0 spiro atoms. The van der Waals surface area contributed by atoms with Crippen LogP contribution in [0.5, 0.6) is 0 Å². The second kappa shape index (κ2) is 5.19. The van der Waals surface area contributed by atoms with E-state index in [-0.39, 0.29) is 12.5 Å². The Morgan fingerprint density at radius 2 is 2.46 bits per heavy atom. The molecule has 1 unspecified atom stereocenters. The lowest BCUT2D eigenvalue weighted by molar-refractivity contribution is -0.136. The molecule has 1 N–H and O–H groups in total. The second-order valence-electron chi connectivity index (χ2n) is 3.29. The fourth-order valence-electron chi connectivity index (χ4n) is 1.46. The monoisotopic (exact) mass is 186 g/mol. The second-order valence-corrected chi connectivity index (χ2v) is 3.29. The van der Waals surface area contributed by atoms with Crippen molar-refractivity contribution in [3.63, 3.8) is 0 Å². The number of likely N-dealkylation sites (N-methyl/N-ethyl adjacent to an activating group) is 1. The van der Waals surface area contributed by atoms with Crippen LogP contribution in [0.4, 0.5) is 0 Å². The molecule has 1 heterocycles. The Hall–Kier alpha value is -0.610. The van der Waals surface area contributed by atoms with Gasteiger partial charge in [-0.3, -0.25) is 4.79 Å². The van der Waals surface area contributed by atoms with Gasteiger partial charge in [-0.1, -0.05) is 0 Å². The molecular weight excluding hydrogens is 168 g/mol. The first-order chi connectivity index (χ1) is 6.25. The molecule has 1 aliphatic heterocycles. The van der Waals surface area contributed by atoms with Crippen LogP contribution in [0.3, 0.4) is 0 Å². The average molecular weight is 186 g/mol. The highest BCUT2D eigenvalue weighted by molar-refractivity contribution is 5.77. The lowest BCUT2D eigenvalue weighted by Crippen LogP contribution is -2.40. The molecule has 1 fully saturated rings. The molecule has 0 aromatic rings. The molecular formula is C9H18N2O2. The maximum absolute atomic E-state index is 11.5. The predicted molar refractivity (Wildman–Crippen MR) is 50.5 cm³/mol. The Morgan fingerprint density at radius 1 is 1.69 bits per heavy atom. The molecule has 1 atom stereocenters. The number of nitrogens with one attached hydrogen (secondary N) is 1. The highest BCUT2D eigenvalue weighted by Crippen LogP contribution is 2.06. The molecule has 1 amide bonds. The zero-order valence-electron chi connectivity index (χ0n) is 8.38. The van der Waals surface area contributed by atoms with E-state index in [0.717, 1.165) is 19.5 Å². The van der Waals surface area contributed by atoms with Gasteiger partial charge in [0.2, 0.25) is 5.91 Å². The first-order valence-electron chi connectivity index (χ1n) is 4.79. The quantitative estimate of drug-likeness (QED) is 0.663. The summed E-state index contributed by atoms with van der Waals surface area (Å²) in [5, 5.41) is 3.23. The van der Waals surface area contributed by atoms with Crippen molar-refractivity contribution in [2.45, 2.75) is 19.4 Å². The number of carbonyl (C=O) groups is 1. The number of rotatable bonds is 4. The van der Waals surface area contributed by atoms with Crippen LogP contribution < -0.4 is 5.32 Å². The number of carbonyl (C=O) groups excluding carboxylic acids is 1. The smallest absolute Gasteiger partial charge is 0.248 e. The number of hydrogen-bond acceptors (Lipinski definition) is 3. The average Bonchev–Trinajstić information content (AvgIpc) is 2.65. The predicted octanol–water partition coefficient (Wildman–Crippen LogP) is -0.157. The van der Waals surface area contributed by atoms with E-state index in [4.69, 9.17) is 4.74 Å². The standard InChI is InChI=1S/C9H18N2O2/c1-3-13-7-9(12)11(2)8-4-5-10-6-8/h8,10H,3-7H2,1-2H3. The SMILES string of the molecule is CCOCC(=O)N(C)C1CCNC1. The summed E-state index contributed by atoms with van der Waals surface area (Å²) in [7, 11) is 1.85. The Bertz CT molecular complexity index is 167. The van der Waals surface area contributed by atoms with Crippen LogP contribution in [0.25, 0.3) is 0 Å². The molecule has 76 valence electrons. The first-order valence-corrected chi connectivity index (χ1v) is 4.79. The Kier molecular flexibility index (Phi) is 4.18. The van der Waals surface area contributed by atoms with E-state index in [2.05, 4.69) is 5.32 Å². The third-order valence-corrected chi connectivity index (χ3v) is 2.41. The van der Waals surface area contributed by atoms with Gasteiger partial charge < -0.3 is 15.0 Å². The first kappa shape index (κ1) is 10.5. The zero-order chi connectivity index (χ0) is 9.68. The van der Waals surface area contributed by atoms with Gasteiger partial charge in [-0.2, -0.15) is 0 Å². The van der Waals surface area contributed by atoms with Crippen molar-refractivity contribution in [2.24, 2.45) is 0 Å². The highest BCUT2D eigenvalue weighted by atomic mass is 16.5. The van der Waals surface area contributed by atoms with Crippen molar-refractivity contribution in [3.8, 4) is 0 Å². The van der Waals surface area contributed by atoms with Gasteiger partial charge in [-0.25, -0.2) is 0 Å². The molecule has 0 saturated carbocycles. The van der Waals surface area contributed by atoms with Crippen molar-refractivity contribution in [1.29, 1.82) is 0 Å². The van der Waals surface area contributed by atoms with Gasteiger partial charge in [-0.15, -0.1) is 0 Å². The molecule has 0 bridgehead atoms. The van der Waals surface area contributed by atoms with Crippen molar-refractivity contribution in [3.05, 3.63) is 0 Å². The summed E-state index contributed by atoms with van der Waals surface area (Å²) in [5.74, 6) is 0.0792. The van der Waals surface area contributed by atoms with E-state index < -0.39 is 0 Å². The summed E-state index contributed by atoms with van der Waals surface area (Å²) < 4.78 is 5.06. The van der Waals surface area contributed by atoms with E-state index in [9.17, 15) is 4.79 Å². The van der Waals surface area contributed by atoms with E-state index in [0.29, 0.717) is 12.6 Å². The molecule has 1 rings (SSSR count). The summed E-state index contributed by atoms with van der Waals surface area (Å²) in [4.78, 5) is 13.2. The molecule has 0 radical (unpaired) electrons. The number of amides is 1. The van der Waals surface area contributed by atoms with Gasteiger partial charge in [-0.05, 0) is 19.9 Å². The maximum Gasteiger partial charge on any atom is 0.248 e. The maximum atomic E-state index is 11.5. The lowest BCUT2D eigenvalue weighted by Gasteiger charge is -2.23. The third-order valence-electron chi connectivity index (χ3n) is 2.41. The molecule has 1 aliphatic rings. The number of nitrogens with zero attached hydrogens (tertiary/aromatic N) is 1. The van der Waals surface area contributed by atoms with Crippen LogP contribution in [0, 0.1) is 0 Å². The molecule has 4 nitrogen and oxygen atoms in total. The minimum atomic E-state index is 0.0792. The summed E-state index contributed by atoms with van der Waals surface area (Å²) >= 11 is 0. The summed E-state index contributed by atoms with van der Waals surface area (Å²) in [5.41, 5.74) is 0. The van der Waals surface area contributed by atoms with Crippen LogP contribution >= 0.6 is 0 Å². The van der Waals surface area contributed by atoms with Crippen molar-refractivity contribution < 1.29 is 9.53 Å². The van der Waals surface area contributed by atoms with Gasteiger partial charge in [0.25, 0.3) is 0 Å². The van der Waals surface area contributed by atoms with Gasteiger partial charge in [0.05, 0.1) is 0 Å². The fraction of sp³-hybridized carbons (Fsp3) is 0.889. The Morgan fingerprint density at radius 3 is 3.00 bits per heavy atom. The topological polar surface area (TPSA) is 41.6 Å². The van der Waals surface area contributed by atoms with E-state index in [1.807, 2.05) is 14.0 Å². The van der Waals surface area contributed by atoms with Gasteiger partial charge >= 0.3 is 0 Å². The largest absolute Gasteiger partial charge is 0.372 e. The van der Waals surface area contributed by atoms with Crippen LogP contribution in [0.2, 0.25) is 0 Å². The molecule has 0 aliphatic carbocycles. The molecule has 1 saturated heterocycles. The molecule has 0 aromatic heterocycles. The van der Waals surface area contributed by atoms with Crippen LogP contribution in [0.1, 0.15) is 13.3 Å². The van der Waals surface area contributed by atoms with Crippen LogP contribution in [-0.4, -0.2) is 50.2 Å². The number of hydrogen-bond donors (Lipinski definition) is 1. The number of ether oxygens (including phenoxy) is 1. The Balaban J connectivity index is 2.28. The Labute approximate surface area is 79.2 Å². The van der Waals surface area contributed by atoms with Crippen LogP contribution in [-0.2, 0) is 9.53 Å². The molecule has 0 aromatic carbocycles. The van der Waals surface area contributed by atoms with Crippen molar-refractivity contribution >= 4 is 5.91 Å². The highest BCUT2D eigenvalue weighted by Gasteiger charge is 2.22. The summed E-state index contributed by atoms with van der Waals surface area (Å²) in [6.07, 6.45) is 1.05. The van der Waals surface area contributed by atoms with Crippen molar-refractivity contribution in [1.82, 2.24) is 10.2 Å². The molecule has 4 heteroatoms. The summed E-state index contributed by atoms with van der Waals surface area (Å²) in [6, 6.07) is 0.355. The summed E-state index contributed by atoms with van der Waals surface area (Å²) in [6.45, 7) is 4.63.